The average Bonchev–Trinajstić information content (AvgIpc) is 2.91. The number of carbonyl (C=O) groups excluding carboxylic acids is 1. The Balaban J connectivity index is 1.69. The number of rotatable bonds is 6. The molecule has 0 aromatic rings. The quantitative estimate of drug-likeness (QED) is 0.724. The van der Waals surface area contributed by atoms with Gasteiger partial charge in [-0.25, -0.2) is 0 Å². The second-order valence-electron chi connectivity index (χ2n) is 5.59. The Morgan fingerprint density at radius 1 is 1.37 bits per heavy atom. The fraction of sp³-hybridized carbons (Fsp3) is 0.929. The summed E-state index contributed by atoms with van der Waals surface area (Å²) < 4.78 is 5.14. The van der Waals surface area contributed by atoms with Gasteiger partial charge in [0.15, 0.2) is 0 Å². The topological polar surface area (TPSA) is 53.6 Å². The molecule has 0 bridgehead atoms. The van der Waals surface area contributed by atoms with Crippen LogP contribution >= 0.6 is 0 Å². The highest BCUT2D eigenvalue weighted by Gasteiger charge is 2.26. The van der Waals surface area contributed by atoms with Crippen molar-refractivity contribution < 1.29 is 9.53 Å². The van der Waals surface area contributed by atoms with E-state index in [1.807, 2.05) is 0 Å². The molecule has 2 aliphatic heterocycles. The molecule has 1 atom stereocenters. The first-order valence-electron chi connectivity index (χ1n) is 7.52. The molecule has 19 heavy (non-hydrogen) atoms. The lowest BCUT2D eigenvalue weighted by Crippen LogP contribution is -2.44. The summed E-state index contributed by atoms with van der Waals surface area (Å²) in [6.45, 7) is 5.63. The second-order valence-corrected chi connectivity index (χ2v) is 5.59. The number of nitrogens with one attached hydrogen (secondary N) is 2. The van der Waals surface area contributed by atoms with Gasteiger partial charge in [-0.2, -0.15) is 0 Å². The molecule has 0 aromatic heterocycles. The number of hydrogen-bond acceptors (Lipinski definition) is 4. The van der Waals surface area contributed by atoms with Crippen LogP contribution in [-0.2, 0) is 9.53 Å². The summed E-state index contributed by atoms with van der Waals surface area (Å²) in [7, 11) is 1.74. The molecule has 5 heteroatoms. The van der Waals surface area contributed by atoms with Crippen molar-refractivity contribution in [3.8, 4) is 0 Å². The summed E-state index contributed by atoms with van der Waals surface area (Å²) in [5.74, 6) is 0.468. The highest BCUT2D eigenvalue weighted by molar-refractivity contribution is 5.78. The van der Waals surface area contributed by atoms with E-state index in [-0.39, 0.29) is 11.8 Å². The van der Waals surface area contributed by atoms with Crippen molar-refractivity contribution in [2.24, 2.45) is 5.92 Å². The lowest BCUT2D eigenvalue weighted by atomic mass is 9.97. The zero-order valence-electron chi connectivity index (χ0n) is 12.0. The Morgan fingerprint density at radius 2 is 2.16 bits per heavy atom. The highest BCUT2D eigenvalue weighted by atomic mass is 16.5. The van der Waals surface area contributed by atoms with Crippen LogP contribution in [-0.4, -0.2) is 63.3 Å². The Morgan fingerprint density at radius 3 is 2.89 bits per heavy atom. The van der Waals surface area contributed by atoms with Crippen LogP contribution in [0.4, 0.5) is 0 Å². The van der Waals surface area contributed by atoms with Crippen LogP contribution in [0.5, 0.6) is 0 Å². The number of piperidine rings is 1. The SMILES string of the molecule is COCCN1CCCC1CNC(=O)C1CCNCC1. The van der Waals surface area contributed by atoms with E-state index in [0.29, 0.717) is 6.04 Å². The number of methoxy groups -OCH3 is 1. The van der Waals surface area contributed by atoms with Crippen LogP contribution in [0.1, 0.15) is 25.7 Å². The Hall–Kier alpha value is -0.650. The summed E-state index contributed by atoms with van der Waals surface area (Å²) in [4.78, 5) is 14.5. The molecule has 2 fully saturated rings. The van der Waals surface area contributed by atoms with Gasteiger partial charge in [0.2, 0.25) is 5.91 Å². The van der Waals surface area contributed by atoms with Gasteiger partial charge < -0.3 is 15.4 Å². The van der Waals surface area contributed by atoms with Crippen LogP contribution in [0.25, 0.3) is 0 Å². The Bertz CT molecular complexity index is 280. The van der Waals surface area contributed by atoms with Crippen LogP contribution in [0.3, 0.4) is 0 Å². The van der Waals surface area contributed by atoms with Crippen molar-refractivity contribution in [3.05, 3.63) is 0 Å². The van der Waals surface area contributed by atoms with E-state index < -0.39 is 0 Å². The maximum atomic E-state index is 12.1. The number of likely N-dealkylation sites (tertiary alicyclic amines) is 1. The molecule has 5 nitrogen and oxygen atoms in total. The minimum Gasteiger partial charge on any atom is -0.383 e. The van der Waals surface area contributed by atoms with Gasteiger partial charge in [0.05, 0.1) is 6.61 Å². The number of amides is 1. The van der Waals surface area contributed by atoms with Gasteiger partial charge in [-0.1, -0.05) is 0 Å². The molecule has 0 aromatic carbocycles. The van der Waals surface area contributed by atoms with E-state index >= 15 is 0 Å². The van der Waals surface area contributed by atoms with Crippen molar-refractivity contribution in [2.45, 2.75) is 31.7 Å². The first kappa shape index (κ1) is 14.8. The molecule has 1 unspecified atom stereocenters. The maximum absolute atomic E-state index is 12.1. The molecule has 2 heterocycles. The average molecular weight is 269 g/mol. The van der Waals surface area contributed by atoms with Crippen molar-refractivity contribution in [3.63, 3.8) is 0 Å². The van der Waals surface area contributed by atoms with Gasteiger partial charge in [-0.05, 0) is 45.3 Å². The predicted molar refractivity (Wildman–Crippen MR) is 75.1 cm³/mol. The number of nitrogens with zero attached hydrogens (tertiary/aromatic N) is 1. The molecular weight excluding hydrogens is 242 g/mol. The smallest absolute Gasteiger partial charge is 0.223 e. The largest absolute Gasteiger partial charge is 0.383 e. The summed E-state index contributed by atoms with van der Waals surface area (Å²) in [5.41, 5.74) is 0. The third-order valence-electron chi connectivity index (χ3n) is 4.30. The van der Waals surface area contributed by atoms with Gasteiger partial charge in [0, 0.05) is 32.2 Å². The summed E-state index contributed by atoms with van der Waals surface area (Å²) in [6.07, 6.45) is 4.38. The van der Waals surface area contributed by atoms with E-state index in [2.05, 4.69) is 15.5 Å². The Kier molecular flexibility index (Phi) is 6.07. The fourth-order valence-corrected chi connectivity index (χ4v) is 3.08. The zero-order valence-corrected chi connectivity index (χ0v) is 12.0. The van der Waals surface area contributed by atoms with E-state index in [9.17, 15) is 4.79 Å². The molecule has 0 spiro atoms. The molecule has 2 saturated heterocycles. The second kappa shape index (κ2) is 7.82. The normalized spacial score (nSPS) is 25.6. The third kappa shape index (κ3) is 4.44. The van der Waals surface area contributed by atoms with Gasteiger partial charge in [-0.15, -0.1) is 0 Å². The summed E-state index contributed by atoms with van der Waals surface area (Å²) >= 11 is 0. The molecule has 0 radical (unpaired) electrons. The summed E-state index contributed by atoms with van der Waals surface area (Å²) in [5, 5.41) is 6.45. The fourth-order valence-electron chi connectivity index (χ4n) is 3.08. The van der Waals surface area contributed by atoms with E-state index in [0.717, 1.165) is 52.2 Å². The third-order valence-corrected chi connectivity index (χ3v) is 4.30. The minimum absolute atomic E-state index is 0.218. The van der Waals surface area contributed by atoms with Crippen molar-refractivity contribution in [2.75, 3.05) is 46.4 Å². The first-order chi connectivity index (χ1) is 9.31. The molecule has 0 aliphatic carbocycles. The lowest BCUT2D eigenvalue weighted by Gasteiger charge is -2.26. The molecule has 2 aliphatic rings. The van der Waals surface area contributed by atoms with E-state index in [1.165, 1.54) is 12.8 Å². The molecule has 110 valence electrons. The highest BCUT2D eigenvalue weighted by Crippen LogP contribution is 2.17. The molecule has 2 rings (SSSR count). The van der Waals surface area contributed by atoms with Crippen LogP contribution in [0.2, 0.25) is 0 Å². The van der Waals surface area contributed by atoms with Gasteiger partial charge in [-0.3, -0.25) is 9.69 Å². The van der Waals surface area contributed by atoms with Crippen LogP contribution in [0, 0.1) is 5.92 Å². The van der Waals surface area contributed by atoms with Gasteiger partial charge in [0.25, 0.3) is 0 Å². The van der Waals surface area contributed by atoms with E-state index in [4.69, 9.17) is 4.74 Å². The van der Waals surface area contributed by atoms with Crippen molar-refractivity contribution in [1.82, 2.24) is 15.5 Å². The lowest BCUT2D eigenvalue weighted by molar-refractivity contribution is -0.125. The van der Waals surface area contributed by atoms with Gasteiger partial charge >= 0.3 is 0 Å². The number of hydrogen-bond donors (Lipinski definition) is 2. The monoisotopic (exact) mass is 269 g/mol. The molecule has 2 N–H and O–H groups in total. The number of ether oxygens (including phenoxy) is 1. The number of carbonyl (C=O) groups is 1. The van der Waals surface area contributed by atoms with E-state index in [1.54, 1.807) is 7.11 Å². The minimum atomic E-state index is 0.218. The predicted octanol–water partition coefficient (Wildman–Crippen LogP) is 0.213. The Labute approximate surface area is 116 Å². The first-order valence-corrected chi connectivity index (χ1v) is 7.52. The maximum Gasteiger partial charge on any atom is 0.223 e. The molecule has 1 amide bonds. The zero-order chi connectivity index (χ0) is 13.5. The van der Waals surface area contributed by atoms with Crippen molar-refractivity contribution >= 4 is 5.91 Å². The summed E-state index contributed by atoms with van der Waals surface area (Å²) in [6, 6.07) is 0.501. The van der Waals surface area contributed by atoms with Crippen LogP contribution < -0.4 is 10.6 Å². The standard InChI is InChI=1S/C14H27N3O2/c1-19-10-9-17-8-2-3-13(17)11-16-14(18)12-4-6-15-7-5-12/h12-13,15H,2-11H2,1H3,(H,16,18). The molecule has 0 saturated carbocycles. The van der Waals surface area contributed by atoms with Crippen molar-refractivity contribution in [1.29, 1.82) is 0 Å². The molecular formula is C14H27N3O2. The van der Waals surface area contributed by atoms with Gasteiger partial charge in [0.1, 0.15) is 0 Å². The van der Waals surface area contributed by atoms with Crippen LogP contribution in [0.15, 0.2) is 0 Å².